The summed E-state index contributed by atoms with van der Waals surface area (Å²) in [5.74, 6) is 5.10. The highest BCUT2D eigenvalue weighted by molar-refractivity contribution is 6.30. The number of hydrazine groups is 1. The van der Waals surface area contributed by atoms with Crippen LogP contribution in [0, 0.1) is 5.82 Å². The smallest absolute Gasteiger partial charge is 0.142 e. The van der Waals surface area contributed by atoms with Gasteiger partial charge < -0.3 is 0 Å². The van der Waals surface area contributed by atoms with E-state index in [9.17, 15) is 4.39 Å². The molecular formula is C12H15ClFN5. The fraction of sp³-hybridized carbons (Fsp3) is 0.333. The van der Waals surface area contributed by atoms with Gasteiger partial charge in [0, 0.05) is 6.54 Å². The average molecular weight is 284 g/mol. The van der Waals surface area contributed by atoms with Gasteiger partial charge in [-0.3, -0.25) is 5.84 Å². The highest BCUT2D eigenvalue weighted by atomic mass is 35.5. The predicted molar refractivity (Wildman–Crippen MR) is 70.9 cm³/mol. The van der Waals surface area contributed by atoms with E-state index in [1.165, 1.54) is 12.1 Å². The van der Waals surface area contributed by atoms with Gasteiger partial charge in [0.1, 0.15) is 5.82 Å². The van der Waals surface area contributed by atoms with Gasteiger partial charge in [0.2, 0.25) is 0 Å². The second-order valence-electron chi connectivity index (χ2n) is 4.16. The molecule has 0 aliphatic heterocycles. The molecule has 2 aromatic rings. The Balaban J connectivity index is 2.38. The number of nitrogens with zero attached hydrogens (tertiary/aromatic N) is 3. The number of benzene rings is 1. The van der Waals surface area contributed by atoms with E-state index < -0.39 is 5.82 Å². The first-order valence-electron chi connectivity index (χ1n) is 5.96. The average Bonchev–Trinajstić information content (AvgIpc) is 2.83. The fourth-order valence-corrected chi connectivity index (χ4v) is 2.04. The minimum atomic E-state index is -0.478. The van der Waals surface area contributed by atoms with Crippen molar-refractivity contribution in [3.63, 3.8) is 0 Å². The molecule has 19 heavy (non-hydrogen) atoms. The van der Waals surface area contributed by atoms with Crippen LogP contribution in [-0.4, -0.2) is 15.0 Å². The van der Waals surface area contributed by atoms with Gasteiger partial charge in [-0.25, -0.2) is 14.5 Å². The lowest BCUT2D eigenvalue weighted by molar-refractivity contribution is 0.510. The van der Waals surface area contributed by atoms with Crippen molar-refractivity contribution in [2.75, 3.05) is 0 Å². The lowest BCUT2D eigenvalue weighted by Crippen LogP contribution is -2.30. The van der Waals surface area contributed by atoms with Crippen LogP contribution < -0.4 is 11.3 Å². The SMILES string of the molecule is CCCn1nncc1C(NN)c1ccc(Cl)c(F)c1. The maximum atomic E-state index is 13.5. The number of hydrogen-bond acceptors (Lipinski definition) is 4. The number of halogens is 2. The monoisotopic (exact) mass is 283 g/mol. The maximum absolute atomic E-state index is 13.5. The van der Waals surface area contributed by atoms with Crippen LogP contribution in [-0.2, 0) is 6.54 Å². The van der Waals surface area contributed by atoms with Crippen LogP contribution in [0.3, 0.4) is 0 Å². The minimum absolute atomic E-state index is 0.0831. The summed E-state index contributed by atoms with van der Waals surface area (Å²) < 4.78 is 15.3. The van der Waals surface area contributed by atoms with E-state index in [2.05, 4.69) is 15.7 Å². The van der Waals surface area contributed by atoms with Crippen LogP contribution in [0.15, 0.2) is 24.4 Å². The third-order valence-electron chi connectivity index (χ3n) is 2.82. The number of nitrogens with two attached hydrogens (primary N) is 1. The second-order valence-corrected chi connectivity index (χ2v) is 4.56. The summed E-state index contributed by atoms with van der Waals surface area (Å²) in [4.78, 5) is 0. The van der Waals surface area contributed by atoms with Crippen molar-refractivity contribution in [3.05, 3.63) is 46.5 Å². The van der Waals surface area contributed by atoms with Crippen LogP contribution >= 0.6 is 11.6 Å². The minimum Gasteiger partial charge on any atom is -0.271 e. The van der Waals surface area contributed by atoms with E-state index in [1.54, 1.807) is 16.9 Å². The maximum Gasteiger partial charge on any atom is 0.142 e. The lowest BCUT2D eigenvalue weighted by Gasteiger charge is -2.17. The summed E-state index contributed by atoms with van der Waals surface area (Å²) in [6, 6.07) is 4.20. The summed E-state index contributed by atoms with van der Waals surface area (Å²) in [5, 5.41) is 7.95. The predicted octanol–water partition coefficient (Wildman–Crippen LogP) is 2.03. The number of rotatable bonds is 5. The second kappa shape index (κ2) is 6.10. The fourth-order valence-electron chi connectivity index (χ4n) is 1.92. The molecule has 0 aliphatic carbocycles. The van der Waals surface area contributed by atoms with Gasteiger partial charge in [-0.2, -0.15) is 0 Å². The molecule has 0 aliphatic rings. The zero-order chi connectivity index (χ0) is 13.8. The Bertz CT molecular complexity index is 557. The highest BCUT2D eigenvalue weighted by Gasteiger charge is 2.18. The zero-order valence-electron chi connectivity index (χ0n) is 10.5. The van der Waals surface area contributed by atoms with Crippen molar-refractivity contribution < 1.29 is 4.39 Å². The van der Waals surface area contributed by atoms with Crippen molar-refractivity contribution >= 4 is 11.6 Å². The lowest BCUT2D eigenvalue weighted by atomic mass is 10.0. The molecule has 1 heterocycles. The number of hydrogen-bond donors (Lipinski definition) is 2. The van der Waals surface area contributed by atoms with E-state index in [0.29, 0.717) is 5.56 Å². The highest BCUT2D eigenvalue weighted by Crippen LogP contribution is 2.24. The van der Waals surface area contributed by atoms with E-state index in [-0.39, 0.29) is 11.1 Å². The van der Waals surface area contributed by atoms with Gasteiger partial charge in [0.15, 0.2) is 0 Å². The Morgan fingerprint density at radius 3 is 2.95 bits per heavy atom. The Morgan fingerprint density at radius 2 is 2.32 bits per heavy atom. The number of nitrogens with one attached hydrogen (secondary N) is 1. The third kappa shape index (κ3) is 2.91. The van der Waals surface area contributed by atoms with Crippen molar-refractivity contribution in [2.45, 2.75) is 25.9 Å². The molecule has 1 aromatic heterocycles. The first kappa shape index (κ1) is 13.9. The topological polar surface area (TPSA) is 68.8 Å². The van der Waals surface area contributed by atoms with Crippen molar-refractivity contribution in [1.82, 2.24) is 20.4 Å². The van der Waals surface area contributed by atoms with Gasteiger partial charge in [0.05, 0.1) is 23.0 Å². The summed E-state index contributed by atoms with van der Waals surface area (Å²) in [6.45, 7) is 2.77. The van der Waals surface area contributed by atoms with Crippen molar-refractivity contribution in [1.29, 1.82) is 0 Å². The molecule has 1 atom stereocenters. The summed E-state index contributed by atoms with van der Waals surface area (Å²) in [6.07, 6.45) is 2.54. The molecule has 3 N–H and O–H groups in total. The standard InChI is InChI=1S/C12H15ClFN5/c1-2-5-19-11(7-16-18-19)12(17-15)8-3-4-9(13)10(14)6-8/h3-4,6-7,12,17H,2,5,15H2,1H3. The van der Waals surface area contributed by atoms with Gasteiger partial charge in [0.25, 0.3) is 0 Å². The Labute approximate surface area is 115 Å². The Hall–Kier alpha value is -1.50. The van der Waals surface area contributed by atoms with E-state index >= 15 is 0 Å². The largest absolute Gasteiger partial charge is 0.271 e. The molecule has 5 nitrogen and oxygen atoms in total. The molecule has 1 unspecified atom stereocenters. The van der Waals surface area contributed by atoms with Gasteiger partial charge >= 0.3 is 0 Å². The van der Waals surface area contributed by atoms with Crippen LogP contribution in [0.1, 0.15) is 30.6 Å². The molecule has 7 heteroatoms. The number of aryl methyl sites for hydroxylation is 1. The molecule has 1 aromatic carbocycles. The Morgan fingerprint density at radius 1 is 1.53 bits per heavy atom. The quantitative estimate of drug-likeness (QED) is 0.651. The van der Waals surface area contributed by atoms with Crippen molar-refractivity contribution in [3.8, 4) is 0 Å². The molecule has 0 bridgehead atoms. The third-order valence-corrected chi connectivity index (χ3v) is 3.13. The molecular weight excluding hydrogens is 269 g/mol. The van der Waals surface area contributed by atoms with Crippen LogP contribution in [0.2, 0.25) is 5.02 Å². The zero-order valence-corrected chi connectivity index (χ0v) is 11.2. The normalized spacial score (nSPS) is 12.6. The first-order chi connectivity index (χ1) is 9.17. The number of aromatic nitrogens is 3. The molecule has 0 radical (unpaired) electrons. The van der Waals surface area contributed by atoms with E-state index in [0.717, 1.165) is 18.7 Å². The van der Waals surface area contributed by atoms with E-state index in [4.69, 9.17) is 17.4 Å². The van der Waals surface area contributed by atoms with Gasteiger partial charge in [-0.15, -0.1) is 5.10 Å². The van der Waals surface area contributed by atoms with Gasteiger partial charge in [-0.05, 0) is 24.1 Å². The van der Waals surface area contributed by atoms with Gasteiger partial charge in [-0.1, -0.05) is 29.8 Å². The van der Waals surface area contributed by atoms with Crippen LogP contribution in [0.4, 0.5) is 4.39 Å². The van der Waals surface area contributed by atoms with Crippen LogP contribution in [0.5, 0.6) is 0 Å². The molecule has 102 valence electrons. The van der Waals surface area contributed by atoms with Crippen LogP contribution in [0.25, 0.3) is 0 Å². The molecule has 0 fully saturated rings. The molecule has 0 saturated carbocycles. The molecule has 0 saturated heterocycles. The summed E-state index contributed by atoms with van der Waals surface area (Å²) in [5.41, 5.74) is 4.11. The molecule has 0 amide bonds. The van der Waals surface area contributed by atoms with E-state index in [1.807, 2.05) is 6.92 Å². The molecule has 2 rings (SSSR count). The Kier molecular flexibility index (Phi) is 4.47. The summed E-state index contributed by atoms with van der Waals surface area (Å²) in [7, 11) is 0. The summed E-state index contributed by atoms with van der Waals surface area (Å²) >= 11 is 5.68. The molecule has 0 spiro atoms. The first-order valence-corrected chi connectivity index (χ1v) is 6.34. The van der Waals surface area contributed by atoms with Crippen molar-refractivity contribution in [2.24, 2.45) is 5.84 Å².